The third-order valence-corrected chi connectivity index (χ3v) is 5.56. The Balaban J connectivity index is 2.23. The molecule has 0 unspecified atom stereocenters. The summed E-state index contributed by atoms with van der Waals surface area (Å²) < 4.78 is 28.4. The van der Waals surface area contributed by atoms with Gasteiger partial charge in [0.15, 0.2) is 0 Å². The summed E-state index contributed by atoms with van der Waals surface area (Å²) in [7, 11) is -1.66. The van der Waals surface area contributed by atoms with Crippen molar-refractivity contribution in [3.8, 4) is 0 Å². The van der Waals surface area contributed by atoms with Crippen LogP contribution in [0, 0.1) is 0 Å². The molecule has 1 aromatic rings. The van der Waals surface area contributed by atoms with Crippen LogP contribution in [-0.2, 0) is 23.7 Å². The van der Waals surface area contributed by atoms with E-state index in [1.165, 1.54) is 6.42 Å². The Labute approximate surface area is 114 Å². The van der Waals surface area contributed by atoms with Gasteiger partial charge in [-0.1, -0.05) is 19.3 Å². The highest BCUT2D eigenvalue weighted by Gasteiger charge is 2.26. The second kappa shape index (κ2) is 6.07. The van der Waals surface area contributed by atoms with Gasteiger partial charge in [0.2, 0.25) is 10.0 Å². The van der Waals surface area contributed by atoms with E-state index in [-0.39, 0.29) is 6.61 Å². The second-order valence-corrected chi connectivity index (χ2v) is 7.05. The average molecular weight is 286 g/mol. The van der Waals surface area contributed by atoms with Crippen LogP contribution in [0.25, 0.3) is 0 Å². The first-order chi connectivity index (χ1) is 9.05. The maximum atomic E-state index is 12.6. The van der Waals surface area contributed by atoms with Crippen molar-refractivity contribution in [2.24, 2.45) is 7.05 Å². The zero-order valence-electron chi connectivity index (χ0n) is 11.4. The van der Waals surface area contributed by atoms with E-state index in [0.29, 0.717) is 23.7 Å². The van der Waals surface area contributed by atoms with E-state index in [2.05, 4.69) is 0 Å². The topological polar surface area (TPSA) is 62.5 Å². The first kappa shape index (κ1) is 14.6. The Morgan fingerprint density at radius 3 is 2.26 bits per heavy atom. The van der Waals surface area contributed by atoms with Gasteiger partial charge in [-0.2, -0.15) is 4.31 Å². The molecule has 5 nitrogen and oxygen atoms in total. The molecular weight excluding hydrogens is 264 g/mol. The molecular formula is C13H22N2O3S. The van der Waals surface area contributed by atoms with Crippen molar-refractivity contribution in [3.63, 3.8) is 0 Å². The van der Waals surface area contributed by atoms with Gasteiger partial charge in [0, 0.05) is 32.0 Å². The number of aliphatic hydroxyl groups is 1. The zero-order chi connectivity index (χ0) is 13.9. The molecule has 0 atom stereocenters. The summed E-state index contributed by atoms with van der Waals surface area (Å²) in [5.74, 6) is 0. The third-order valence-electron chi connectivity index (χ3n) is 3.70. The van der Waals surface area contributed by atoms with Crippen molar-refractivity contribution in [3.05, 3.63) is 18.0 Å². The van der Waals surface area contributed by atoms with Crippen LogP contribution in [0.2, 0.25) is 0 Å². The zero-order valence-corrected chi connectivity index (χ0v) is 12.2. The van der Waals surface area contributed by atoms with E-state index in [1.807, 2.05) is 0 Å². The van der Waals surface area contributed by atoms with Crippen LogP contribution in [0.5, 0.6) is 0 Å². The summed E-state index contributed by atoms with van der Waals surface area (Å²) >= 11 is 0. The van der Waals surface area contributed by atoms with Crippen molar-refractivity contribution < 1.29 is 13.5 Å². The minimum Gasteiger partial charge on any atom is -0.390 e. The number of aromatic nitrogens is 1. The first-order valence-corrected chi connectivity index (χ1v) is 8.26. The Morgan fingerprint density at radius 2 is 1.74 bits per heavy atom. The molecule has 6 heteroatoms. The van der Waals surface area contributed by atoms with Gasteiger partial charge in [0.1, 0.15) is 4.90 Å². The van der Waals surface area contributed by atoms with Crippen molar-refractivity contribution in [1.29, 1.82) is 0 Å². The van der Waals surface area contributed by atoms with Gasteiger partial charge in [0.05, 0.1) is 6.61 Å². The average Bonchev–Trinajstić information content (AvgIpc) is 2.70. The van der Waals surface area contributed by atoms with Crippen molar-refractivity contribution in [1.82, 2.24) is 8.87 Å². The Morgan fingerprint density at radius 1 is 1.16 bits per heavy atom. The smallest absolute Gasteiger partial charge is 0.244 e. The molecule has 0 saturated carbocycles. The SMILES string of the molecule is Cn1cc(S(=O)(=O)N2CCCCCCC2)cc1CO. The predicted octanol–water partition coefficient (Wildman–Crippen LogP) is 1.47. The number of hydrogen-bond acceptors (Lipinski definition) is 3. The van der Waals surface area contributed by atoms with E-state index in [0.717, 1.165) is 25.7 Å². The molecule has 1 N–H and O–H groups in total. The van der Waals surface area contributed by atoms with Gasteiger partial charge < -0.3 is 9.67 Å². The number of rotatable bonds is 3. The van der Waals surface area contributed by atoms with E-state index >= 15 is 0 Å². The number of aryl methyl sites for hydroxylation is 1. The summed E-state index contributed by atoms with van der Waals surface area (Å²) in [5.41, 5.74) is 0.616. The minimum absolute atomic E-state index is 0.147. The van der Waals surface area contributed by atoms with Crippen molar-refractivity contribution >= 4 is 10.0 Å². The number of aliphatic hydroxyl groups excluding tert-OH is 1. The second-order valence-electron chi connectivity index (χ2n) is 5.11. The van der Waals surface area contributed by atoms with Gasteiger partial charge in [-0.3, -0.25) is 0 Å². The van der Waals surface area contributed by atoms with Crippen LogP contribution in [0.1, 0.15) is 37.8 Å². The lowest BCUT2D eigenvalue weighted by Gasteiger charge is -2.23. The summed E-state index contributed by atoms with van der Waals surface area (Å²) in [6.45, 7) is 1.06. The normalized spacial score (nSPS) is 19.1. The summed E-state index contributed by atoms with van der Waals surface area (Å²) in [6, 6.07) is 1.56. The molecule has 108 valence electrons. The summed E-state index contributed by atoms with van der Waals surface area (Å²) in [5, 5.41) is 9.16. The molecule has 1 aliphatic heterocycles. The fourth-order valence-corrected chi connectivity index (χ4v) is 4.10. The molecule has 2 rings (SSSR count). The van der Waals surface area contributed by atoms with Gasteiger partial charge >= 0.3 is 0 Å². The maximum absolute atomic E-state index is 12.6. The molecule has 19 heavy (non-hydrogen) atoms. The molecule has 1 saturated heterocycles. The van der Waals surface area contributed by atoms with Crippen molar-refractivity contribution in [2.75, 3.05) is 13.1 Å². The first-order valence-electron chi connectivity index (χ1n) is 6.82. The molecule has 0 bridgehead atoms. The summed E-state index contributed by atoms with van der Waals surface area (Å²) in [6.07, 6.45) is 6.84. The lowest BCUT2D eigenvalue weighted by Crippen LogP contribution is -2.33. The van der Waals surface area contributed by atoms with E-state index in [9.17, 15) is 8.42 Å². The highest BCUT2D eigenvalue weighted by molar-refractivity contribution is 7.89. The fraction of sp³-hybridized carbons (Fsp3) is 0.692. The highest BCUT2D eigenvalue weighted by atomic mass is 32.2. The van der Waals surface area contributed by atoms with Gasteiger partial charge in [-0.25, -0.2) is 8.42 Å². The Bertz CT molecular complexity index is 514. The molecule has 0 radical (unpaired) electrons. The Hall–Kier alpha value is -0.850. The molecule has 0 spiro atoms. The fourth-order valence-electron chi connectivity index (χ4n) is 2.48. The molecule has 1 aliphatic rings. The number of nitrogens with zero attached hydrogens (tertiary/aromatic N) is 2. The van der Waals surface area contributed by atoms with Crippen LogP contribution in [-0.4, -0.2) is 35.5 Å². The van der Waals surface area contributed by atoms with E-state index in [4.69, 9.17) is 5.11 Å². The minimum atomic E-state index is -3.41. The molecule has 1 aromatic heterocycles. The molecule has 2 heterocycles. The monoisotopic (exact) mass is 286 g/mol. The molecule has 0 aliphatic carbocycles. The number of sulfonamides is 1. The predicted molar refractivity (Wildman–Crippen MR) is 73.2 cm³/mol. The quantitative estimate of drug-likeness (QED) is 0.915. The van der Waals surface area contributed by atoms with Gasteiger partial charge in [0.25, 0.3) is 0 Å². The number of hydrogen-bond donors (Lipinski definition) is 1. The molecule has 1 fully saturated rings. The largest absolute Gasteiger partial charge is 0.390 e. The lowest BCUT2D eigenvalue weighted by molar-refractivity contribution is 0.272. The van der Waals surface area contributed by atoms with Crippen LogP contribution < -0.4 is 0 Å². The summed E-state index contributed by atoms with van der Waals surface area (Å²) in [4.78, 5) is 0.291. The van der Waals surface area contributed by atoms with Crippen LogP contribution >= 0.6 is 0 Å². The van der Waals surface area contributed by atoms with Crippen LogP contribution in [0.4, 0.5) is 0 Å². The third kappa shape index (κ3) is 3.19. The van der Waals surface area contributed by atoms with Gasteiger partial charge in [-0.15, -0.1) is 0 Å². The Kier molecular flexibility index (Phi) is 4.65. The van der Waals surface area contributed by atoms with Crippen LogP contribution in [0.3, 0.4) is 0 Å². The van der Waals surface area contributed by atoms with Gasteiger partial charge in [-0.05, 0) is 18.9 Å². The maximum Gasteiger partial charge on any atom is 0.244 e. The van der Waals surface area contributed by atoms with Crippen LogP contribution in [0.15, 0.2) is 17.2 Å². The van der Waals surface area contributed by atoms with E-state index < -0.39 is 10.0 Å². The van der Waals surface area contributed by atoms with E-state index in [1.54, 1.807) is 28.2 Å². The lowest BCUT2D eigenvalue weighted by atomic mass is 10.1. The standard InChI is InChI=1S/C13H22N2O3S/c1-14-10-13(9-12(14)11-16)19(17,18)15-7-5-3-2-4-6-8-15/h9-10,16H,2-8,11H2,1H3. The highest BCUT2D eigenvalue weighted by Crippen LogP contribution is 2.21. The molecule has 0 aromatic carbocycles. The molecule has 0 amide bonds. The van der Waals surface area contributed by atoms with Crippen molar-refractivity contribution in [2.45, 2.75) is 43.6 Å².